The molecule has 0 spiro atoms. The van der Waals surface area contributed by atoms with Crippen molar-refractivity contribution in [2.45, 2.75) is 26.0 Å². The molecule has 1 N–H and O–H groups in total. The third-order valence-corrected chi connectivity index (χ3v) is 3.56. The maximum absolute atomic E-state index is 9.30. The lowest BCUT2D eigenvalue weighted by Gasteiger charge is -2.00. The highest BCUT2D eigenvalue weighted by Gasteiger charge is 2.23. The van der Waals surface area contributed by atoms with Crippen molar-refractivity contribution < 1.29 is 5.11 Å². The zero-order valence-electron chi connectivity index (χ0n) is 8.86. The summed E-state index contributed by atoms with van der Waals surface area (Å²) in [7, 11) is 0. The van der Waals surface area contributed by atoms with Gasteiger partial charge in [-0.15, -0.1) is 0 Å². The van der Waals surface area contributed by atoms with Gasteiger partial charge < -0.3 is 5.11 Å². The minimum atomic E-state index is 0.00458. The van der Waals surface area contributed by atoms with Crippen LogP contribution in [-0.4, -0.2) is 14.9 Å². The molecule has 1 aromatic carbocycles. The Balaban J connectivity index is 2.13. The number of hydrogen-bond donors (Lipinski definition) is 1. The first kappa shape index (κ1) is 10.3. The summed E-state index contributed by atoms with van der Waals surface area (Å²) in [5, 5.41) is 14.8. The monoisotopic (exact) mass is 280 g/mol. The van der Waals surface area contributed by atoms with Crippen LogP contribution in [0.2, 0.25) is 0 Å². The first-order chi connectivity index (χ1) is 7.78. The molecule has 0 bridgehead atoms. The van der Waals surface area contributed by atoms with Crippen molar-refractivity contribution in [1.29, 1.82) is 0 Å². The summed E-state index contributed by atoms with van der Waals surface area (Å²) in [5.41, 5.74) is 1.90. The van der Waals surface area contributed by atoms with Crippen LogP contribution in [-0.2, 0) is 13.2 Å². The van der Waals surface area contributed by atoms with E-state index in [9.17, 15) is 5.11 Å². The lowest BCUT2D eigenvalue weighted by molar-refractivity contribution is 0.276. The van der Waals surface area contributed by atoms with Crippen LogP contribution in [0.3, 0.4) is 0 Å². The van der Waals surface area contributed by atoms with Gasteiger partial charge in [-0.1, -0.05) is 15.9 Å². The SMILES string of the molecule is OCc1nn(CC2CC2)c2ccc(Br)cc12. The van der Waals surface area contributed by atoms with Crippen LogP contribution in [0.25, 0.3) is 10.9 Å². The third-order valence-electron chi connectivity index (χ3n) is 3.07. The van der Waals surface area contributed by atoms with E-state index in [4.69, 9.17) is 0 Å². The number of aliphatic hydroxyl groups excluding tert-OH is 1. The lowest BCUT2D eigenvalue weighted by Crippen LogP contribution is -2.02. The van der Waals surface area contributed by atoms with Crippen LogP contribution in [0.1, 0.15) is 18.5 Å². The minimum Gasteiger partial charge on any atom is -0.390 e. The summed E-state index contributed by atoms with van der Waals surface area (Å²) in [4.78, 5) is 0. The number of hydrogen-bond acceptors (Lipinski definition) is 2. The van der Waals surface area contributed by atoms with Crippen LogP contribution < -0.4 is 0 Å². The standard InChI is InChI=1S/C12H13BrN2O/c13-9-3-4-12-10(5-9)11(7-16)14-15(12)6-8-1-2-8/h3-5,8,16H,1-2,6-7H2. The Morgan fingerprint density at radius 3 is 2.94 bits per heavy atom. The van der Waals surface area contributed by atoms with Crippen molar-refractivity contribution in [1.82, 2.24) is 9.78 Å². The van der Waals surface area contributed by atoms with Crippen LogP contribution in [0.15, 0.2) is 22.7 Å². The van der Waals surface area contributed by atoms with E-state index in [-0.39, 0.29) is 6.61 Å². The number of fused-ring (bicyclic) bond motifs is 1. The van der Waals surface area contributed by atoms with Crippen molar-refractivity contribution in [2.75, 3.05) is 0 Å². The summed E-state index contributed by atoms with van der Waals surface area (Å²) < 4.78 is 3.06. The Morgan fingerprint density at radius 2 is 2.25 bits per heavy atom. The van der Waals surface area contributed by atoms with Crippen molar-refractivity contribution in [3.8, 4) is 0 Å². The highest BCUT2D eigenvalue weighted by molar-refractivity contribution is 9.10. The molecule has 0 saturated heterocycles. The number of aliphatic hydroxyl groups is 1. The first-order valence-corrected chi connectivity index (χ1v) is 6.33. The van der Waals surface area contributed by atoms with Crippen molar-refractivity contribution in [3.63, 3.8) is 0 Å². The molecule has 1 aliphatic carbocycles. The number of benzene rings is 1. The number of rotatable bonds is 3. The van der Waals surface area contributed by atoms with Crippen molar-refractivity contribution in [3.05, 3.63) is 28.4 Å². The second-order valence-corrected chi connectivity index (χ2v) is 5.31. The zero-order chi connectivity index (χ0) is 11.1. The van der Waals surface area contributed by atoms with Gasteiger partial charge in [0.15, 0.2) is 0 Å². The molecule has 1 heterocycles. The molecule has 1 aromatic heterocycles. The van der Waals surface area contributed by atoms with Crippen molar-refractivity contribution in [2.24, 2.45) is 5.92 Å². The van der Waals surface area contributed by atoms with Gasteiger partial charge in [0.2, 0.25) is 0 Å². The molecule has 1 saturated carbocycles. The van der Waals surface area contributed by atoms with Crippen LogP contribution in [0, 0.1) is 5.92 Å². The van der Waals surface area contributed by atoms with Gasteiger partial charge in [-0.25, -0.2) is 0 Å². The van der Waals surface area contributed by atoms with E-state index in [1.165, 1.54) is 12.8 Å². The zero-order valence-corrected chi connectivity index (χ0v) is 10.4. The fourth-order valence-corrected chi connectivity index (χ4v) is 2.38. The molecule has 84 valence electrons. The fraction of sp³-hybridized carbons (Fsp3) is 0.417. The molecular weight excluding hydrogens is 268 g/mol. The van der Waals surface area contributed by atoms with Crippen LogP contribution in [0.4, 0.5) is 0 Å². The molecule has 2 aromatic rings. The smallest absolute Gasteiger partial charge is 0.0957 e. The van der Waals surface area contributed by atoms with E-state index in [0.717, 1.165) is 33.5 Å². The molecule has 0 amide bonds. The summed E-state index contributed by atoms with van der Waals surface area (Å²) >= 11 is 3.45. The van der Waals surface area contributed by atoms with E-state index < -0.39 is 0 Å². The maximum Gasteiger partial charge on any atom is 0.0957 e. The number of nitrogens with zero attached hydrogens (tertiary/aromatic N) is 2. The quantitative estimate of drug-likeness (QED) is 0.939. The van der Waals surface area contributed by atoms with Gasteiger partial charge in [-0.2, -0.15) is 5.10 Å². The molecule has 0 aliphatic heterocycles. The predicted octanol–water partition coefficient (Wildman–Crippen LogP) is 2.70. The van der Waals surface area contributed by atoms with Gasteiger partial charge in [-0.05, 0) is 37.0 Å². The van der Waals surface area contributed by atoms with Gasteiger partial charge in [0.25, 0.3) is 0 Å². The summed E-state index contributed by atoms with van der Waals surface area (Å²) in [5.74, 6) is 0.790. The molecule has 3 rings (SSSR count). The predicted molar refractivity (Wildman–Crippen MR) is 66.1 cm³/mol. The summed E-state index contributed by atoms with van der Waals surface area (Å²) in [6.07, 6.45) is 2.62. The fourth-order valence-electron chi connectivity index (χ4n) is 2.02. The highest BCUT2D eigenvalue weighted by Crippen LogP contribution is 2.32. The topological polar surface area (TPSA) is 38.1 Å². The maximum atomic E-state index is 9.30. The molecule has 16 heavy (non-hydrogen) atoms. The average Bonchev–Trinajstić information content (AvgIpc) is 3.01. The van der Waals surface area contributed by atoms with Crippen molar-refractivity contribution >= 4 is 26.8 Å². The van der Waals surface area contributed by atoms with E-state index in [1.807, 2.05) is 16.8 Å². The average molecular weight is 281 g/mol. The van der Waals surface area contributed by atoms with Gasteiger partial charge >= 0.3 is 0 Å². The summed E-state index contributed by atoms with van der Waals surface area (Å²) in [6, 6.07) is 6.11. The van der Waals surface area contributed by atoms with E-state index in [2.05, 4.69) is 27.1 Å². The molecular formula is C12H13BrN2O. The molecule has 0 atom stereocenters. The Labute approximate surface area is 102 Å². The normalized spacial score (nSPS) is 15.9. The second-order valence-electron chi connectivity index (χ2n) is 4.39. The number of aromatic nitrogens is 2. The van der Waals surface area contributed by atoms with E-state index in [1.54, 1.807) is 0 Å². The largest absolute Gasteiger partial charge is 0.390 e. The van der Waals surface area contributed by atoms with E-state index >= 15 is 0 Å². The molecule has 1 aliphatic rings. The molecule has 0 radical (unpaired) electrons. The van der Waals surface area contributed by atoms with Gasteiger partial charge in [0.05, 0.1) is 17.8 Å². The Hall–Kier alpha value is -0.870. The van der Waals surface area contributed by atoms with Gasteiger partial charge in [0, 0.05) is 16.4 Å². The van der Waals surface area contributed by atoms with Crippen LogP contribution in [0.5, 0.6) is 0 Å². The molecule has 4 heteroatoms. The third kappa shape index (κ3) is 1.76. The molecule has 3 nitrogen and oxygen atoms in total. The highest BCUT2D eigenvalue weighted by atomic mass is 79.9. The Morgan fingerprint density at radius 1 is 1.44 bits per heavy atom. The Kier molecular flexibility index (Phi) is 2.48. The van der Waals surface area contributed by atoms with Gasteiger partial charge in [0.1, 0.15) is 0 Å². The van der Waals surface area contributed by atoms with Gasteiger partial charge in [-0.3, -0.25) is 4.68 Å². The lowest BCUT2D eigenvalue weighted by atomic mass is 10.2. The second kappa shape index (κ2) is 3.86. The first-order valence-electron chi connectivity index (χ1n) is 5.53. The van der Waals surface area contributed by atoms with E-state index in [0.29, 0.717) is 0 Å². The minimum absolute atomic E-state index is 0.00458. The summed E-state index contributed by atoms with van der Waals surface area (Å²) in [6.45, 7) is 0.989. The van der Waals surface area contributed by atoms with Crippen LogP contribution >= 0.6 is 15.9 Å². The Bertz CT molecular complexity index is 531. The molecule has 1 fully saturated rings. The number of halogens is 1. The molecule has 0 unspecified atom stereocenters.